The van der Waals surface area contributed by atoms with Crippen molar-refractivity contribution in [3.8, 4) is 11.8 Å². The lowest BCUT2D eigenvalue weighted by molar-refractivity contribution is 0.582. The summed E-state index contributed by atoms with van der Waals surface area (Å²) >= 11 is 0. The van der Waals surface area contributed by atoms with Gasteiger partial charge in [-0.25, -0.2) is 18.7 Å². The summed E-state index contributed by atoms with van der Waals surface area (Å²) in [4.78, 5) is 12.3. The van der Waals surface area contributed by atoms with E-state index in [4.69, 9.17) is 0 Å². The molecule has 0 saturated carbocycles. The zero-order chi connectivity index (χ0) is 13.9. The minimum Gasteiger partial charge on any atom is -0.251 e. The summed E-state index contributed by atoms with van der Waals surface area (Å²) in [5, 5.41) is 0. The zero-order valence-corrected chi connectivity index (χ0v) is 10.1. The molecule has 2 heterocycles. The van der Waals surface area contributed by atoms with E-state index >= 15 is 0 Å². The molecule has 1 aromatic carbocycles. The SMILES string of the molecule is Fc1cc(F)cc(C#Cc2cnc3nccnc3c2)c1. The Morgan fingerprint density at radius 2 is 1.45 bits per heavy atom. The van der Waals surface area contributed by atoms with Gasteiger partial charge in [-0.05, 0) is 18.2 Å². The maximum Gasteiger partial charge on any atom is 0.178 e. The summed E-state index contributed by atoms with van der Waals surface area (Å²) < 4.78 is 26.0. The highest BCUT2D eigenvalue weighted by Crippen LogP contribution is 2.09. The summed E-state index contributed by atoms with van der Waals surface area (Å²) in [6, 6.07) is 4.87. The molecular formula is C15H7F2N3. The fourth-order valence-corrected chi connectivity index (χ4v) is 1.70. The Bertz CT molecular complexity index is 830. The second kappa shape index (κ2) is 5.02. The van der Waals surface area contributed by atoms with Crippen molar-refractivity contribution in [2.45, 2.75) is 0 Å². The highest BCUT2D eigenvalue weighted by molar-refractivity contribution is 5.70. The van der Waals surface area contributed by atoms with Crippen LogP contribution in [0.2, 0.25) is 0 Å². The molecule has 0 fully saturated rings. The first-order chi connectivity index (χ1) is 9.70. The molecule has 0 amide bonds. The van der Waals surface area contributed by atoms with Crippen LogP contribution in [0.5, 0.6) is 0 Å². The van der Waals surface area contributed by atoms with Gasteiger partial charge in [0.15, 0.2) is 5.65 Å². The molecule has 0 radical (unpaired) electrons. The van der Waals surface area contributed by atoms with Gasteiger partial charge in [-0.15, -0.1) is 0 Å². The minimum atomic E-state index is -0.656. The second-order valence-electron chi connectivity index (χ2n) is 4.03. The van der Waals surface area contributed by atoms with E-state index < -0.39 is 11.6 Å². The smallest absolute Gasteiger partial charge is 0.178 e. The number of hydrogen-bond acceptors (Lipinski definition) is 3. The summed E-state index contributed by atoms with van der Waals surface area (Å²) in [6.45, 7) is 0. The number of hydrogen-bond donors (Lipinski definition) is 0. The van der Waals surface area contributed by atoms with E-state index in [0.29, 0.717) is 16.7 Å². The van der Waals surface area contributed by atoms with Crippen molar-refractivity contribution >= 4 is 11.2 Å². The fraction of sp³-hybridized carbons (Fsp3) is 0. The molecular weight excluding hydrogens is 260 g/mol. The van der Waals surface area contributed by atoms with Gasteiger partial charge < -0.3 is 0 Å². The standard InChI is InChI=1S/C15H7F2N3/c16-12-5-10(6-13(17)8-12)1-2-11-7-14-15(20-9-11)19-4-3-18-14/h3-9H. The highest BCUT2D eigenvalue weighted by atomic mass is 19.1. The Morgan fingerprint density at radius 1 is 0.750 bits per heavy atom. The maximum atomic E-state index is 13.0. The van der Waals surface area contributed by atoms with Gasteiger partial charge in [0, 0.05) is 35.8 Å². The lowest BCUT2D eigenvalue weighted by Crippen LogP contribution is -1.88. The van der Waals surface area contributed by atoms with Crippen molar-refractivity contribution in [2.75, 3.05) is 0 Å². The van der Waals surface area contributed by atoms with Crippen molar-refractivity contribution in [1.29, 1.82) is 0 Å². The van der Waals surface area contributed by atoms with Crippen LogP contribution >= 0.6 is 0 Å². The molecule has 0 saturated heterocycles. The van der Waals surface area contributed by atoms with E-state index in [0.717, 1.165) is 6.07 Å². The van der Waals surface area contributed by atoms with Crippen LogP contribution in [0.15, 0.2) is 42.9 Å². The zero-order valence-electron chi connectivity index (χ0n) is 10.1. The maximum absolute atomic E-state index is 13.0. The first-order valence-electron chi connectivity index (χ1n) is 5.75. The Balaban J connectivity index is 1.99. The van der Waals surface area contributed by atoms with Crippen LogP contribution in [0.25, 0.3) is 11.2 Å². The molecule has 0 spiro atoms. The number of pyridine rings is 1. The van der Waals surface area contributed by atoms with E-state index in [1.165, 1.54) is 12.1 Å². The third kappa shape index (κ3) is 2.59. The highest BCUT2D eigenvalue weighted by Gasteiger charge is 1.99. The van der Waals surface area contributed by atoms with Crippen LogP contribution in [-0.4, -0.2) is 15.0 Å². The van der Waals surface area contributed by atoms with Crippen molar-refractivity contribution in [3.05, 3.63) is 65.6 Å². The largest absolute Gasteiger partial charge is 0.251 e. The number of halogens is 2. The van der Waals surface area contributed by atoms with Crippen molar-refractivity contribution in [2.24, 2.45) is 0 Å². The van der Waals surface area contributed by atoms with Gasteiger partial charge in [0.05, 0.1) is 0 Å². The van der Waals surface area contributed by atoms with Gasteiger partial charge in [0.2, 0.25) is 0 Å². The molecule has 5 heteroatoms. The monoisotopic (exact) mass is 267 g/mol. The molecule has 96 valence electrons. The van der Waals surface area contributed by atoms with Crippen LogP contribution in [0, 0.1) is 23.5 Å². The Kier molecular flexibility index (Phi) is 3.05. The van der Waals surface area contributed by atoms with Gasteiger partial charge in [-0.2, -0.15) is 0 Å². The lowest BCUT2D eigenvalue weighted by atomic mass is 10.2. The number of nitrogens with zero attached hydrogens (tertiary/aromatic N) is 3. The van der Waals surface area contributed by atoms with Crippen molar-refractivity contribution in [3.63, 3.8) is 0 Å². The molecule has 0 bridgehead atoms. The van der Waals surface area contributed by atoms with Gasteiger partial charge in [0.1, 0.15) is 17.2 Å². The summed E-state index contributed by atoms with van der Waals surface area (Å²) in [7, 11) is 0. The molecule has 2 aromatic heterocycles. The number of benzene rings is 1. The van der Waals surface area contributed by atoms with E-state index in [-0.39, 0.29) is 5.56 Å². The van der Waals surface area contributed by atoms with Crippen molar-refractivity contribution in [1.82, 2.24) is 15.0 Å². The molecule has 0 aliphatic heterocycles. The molecule has 0 atom stereocenters. The second-order valence-corrected chi connectivity index (χ2v) is 4.03. The number of aromatic nitrogens is 3. The van der Waals surface area contributed by atoms with E-state index in [1.54, 1.807) is 24.7 Å². The quantitative estimate of drug-likeness (QED) is 0.588. The van der Waals surface area contributed by atoms with Gasteiger partial charge in [-0.1, -0.05) is 11.8 Å². The molecule has 3 rings (SSSR count). The van der Waals surface area contributed by atoms with Gasteiger partial charge in [-0.3, -0.25) is 4.98 Å². The predicted octanol–water partition coefficient (Wildman–Crippen LogP) is 2.70. The van der Waals surface area contributed by atoms with Gasteiger partial charge in [0.25, 0.3) is 0 Å². The van der Waals surface area contributed by atoms with Crippen LogP contribution in [-0.2, 0) is 0 Å². The average molecular weight is 267 g/mol. The molecule has 20 heavy (non-hydrogen) atoms. The Hall–Kier alpha value is -2.87. The first-order valence-corrected chi connectivity index (χ1v) is 5.75. The molecule has 0 N–H and O–H groups in total. The minimum absolute atomic E-state index is 0.266. The Labute approximate surface area is 113 Å². The molecule has 0 aliphatic carbocycles. The van der Waals surface area contributed by atoms with Crippen LogP contribution in [0.1, 0.15) is 11.1 Å². The fourth-order valence-electron chi connectivity index (χ4n) is 1.70. The average Bonchev–Trinajstić information content (AvgIpc) is 2.44. The summed E-state index contributed by atoms with van der Waals surface area (Å²) in [5.74, 6) is 4.17. The van der Waals surface area contributed by atoms with Crippen LogP contribution in [0.4, 0.5) is 8.78 Å². The number of fused-ring (bicyclic) bond motifs is 1. The van der Waals surface area contributed by atoms with Crippen LogP contribution in [0.3, 0.4) is 0 Å². The molecule has 0 aliphatic rings. The van der Waals surface area contributed by atoms with Crippen molar-refractivity contribution < 1.29 is 8.78 Å². The molecule has 3 aromatic rings. The van der Waals surface area contributed by atoms with Crippen LogP contribution < -0.4 is 0 Å². The van der Waals surface area contributed by atoms with E-state index in [2.05, 4.69) is 26.8 Å². The summed E-state index contributed by atoms with van der Waals surface area (Å²) in [6.07, 6.45) is 4.65. The van der Waals surface area contributed by atoms with E-state index in [9.17, 15) is 8.78 Å². The third-order valence-electron chi connectivity index (χ3n) is 2.54. The Morgan fingerprint density at radius 3 is 2.25 bits per heavy atom. The van der Waals surface area contributed by atoms with Gasteiger partial charge >= 0.3 is 0 Å². The normalized spacial score (nSPS) is 10.1. The predicted molar refractivity (Wildman–Crippen MR) is 69.7 cm³/mol. The topological polar surface area (TPSA) is 38.7 Å². The first kappa shape index (κ1) is 12.2. The summed E-state index contributed by atoms with van der Waals surface area (Å²) in [5.41, 5.74) is 2.00. The molecule has 3 nitrogen and oxygen atoms in total. The lowest BCUT2D eigenvalue weighted by Gasteiger charge is -1.95. The molecule has 0 unspecified atom stereocenters. The van der Waals surface area contributed by atoms with E-state index in [1.807, 2.05) is 0 Å². The number of rotatable bonds is 0. The third-order valence-corrected chi connectivity index (χ3v) is 2.54.